The summed E-state index contributed by atoms with van der Waals surface area (Å²) in [5.41, 5.74) is 0. The minimum Gasteiger partial charge on any atom is -0.357 e. The van der Waals surface area contributed by atoms with Gasteiger partial charge in [0.05, 0.1) is 0 Å². The average Bonchev–Trinajstić information content (AvgIpc) is 2.07. The molecule has 0 radical (unpaired) electrons. The number of rotatable bonds is 1. The van der Waals surface area contributed by atoms with Crippen molar-refractivity contribution in [2.45, 2.75) is 12.5 Å². The van der Waals surface area contributed by atoms with Gasteiger partial charge in [0.15, 0.2) is 0 Å². The molecule has 0 bridgehead atoms. The Kier molecular flexibility index (Phi) is 22.5. The van der Waals surface area contributed by atoms with Crippen LogP contribution in [-0.4, -0.2) is 31.0 Å². The fourth-order valence-electron chi connectivity index (χ4n) is 0. The van der Waals surface area contributed by atoms with E-state index in [1.807, 2.05) is 0 Å². The van der Waals surface area contributed by atoms with Gasteiger partial charge in [-0.1, -0.05) is 0 Å². The molecule has 0 aliphatic carbocycles. The van der Waals surface area contributed by atoms with Gasteiger partial charge < -0.3 is 5.11 Å². The van der Waals surface area contributed by atoms with E-state index in [-0.39, 0.29) is 0 Å². The molecule has 0 aromatic heterocycles. The zero-order chi connectivity index (χ0) is 11.5. The molecule has 1 unspecified atom stereocenters. The minimum atomic E-state index is -5.11. The second-order valence-corrected chi connectivity index (χ2v) is 1.26. The van der Waals surface area contributed by atoms with Gasteiger partial charge in [0, 0.05) is 0 Å². The Balaban J connectivity index is -0.0000000620. The second kappa shape index (κ2) is 13.8. The molecule has 0 spiro atoms. The van der Waals surface area contributed by atoms with Crippen molar-refractivity contribution in [2.24, 2.45) is 0 Å². The molecule has 0 saturated carbocycles. The van der Waals surface area contributed by atoms with Gasteiger partial charge in [0.1, 0.15) is 13.3 Å². The summed E-state index contributed by atoms with van der Waals surface area (Å²) < 4.78 is 63.0. The van der Waals surface area contributed by atoms with Crippen LogP contribution in [0, 0.1) is 0 Å². The fourth-order valence-corrected chi connectivity index (χ4v) is 0. The Morgan fingerprint density at radius 1 is 1.07 bits per heavy atom. The van der Waals surface area contributed by atoms with Crippen LogP contribution in [0.15, 0.2) is 13.2 Å². The fraction of sp³-hybridized carbons (Fsp3) is 0.667. The summed E-state index contributed by atoms with van der Waals surface area (Å²) in [6, 6.07) is 0. The summed E-state index contributed by atoms with van der Waals surface area (Å²) in [5.74, 6) is 0. The van der Waals surface area contributed by atoms with Crippen LogP contribution in [-0.2, 0) is 0 Å². The van der Waals surface area contributed by atoms with E-state index in [0.29, 0.717) is 0 Å². The molecule has 0 aliphatic rings. The van der Waals surface area contributed by atoms with Crippen molar-refractivity contribution in [3.8, 4) is 0 Å². The maximum absolute atomic E-state index is 10.6. The Morgan fingerprint density at radius 3 is 1.21 bits per heavy atom. The van der Waals surface area contributed by atoms with E-state index in [1.165, 1.54) is 0 Å². The molecular formula is C6H10F6ORf. The molecule has 0 saturated heterocycles. The molecule has 1 N–H and O–H groups in total. The van der Waals surface area contributed by atoms with E-state index in [1.54, 1.807) is 0 Å². The third-order valence-electron chi connectivity index (χ3n) is 0.342. The monoisotopic (exact) mass is 479 g/mol. The standard InChI is InChI=1S/C2H2F4O.C2H4F2.C2H4.Rf/c3-1(7)2(4,5)6;3-1-2-4;1-2;/h1,7H;1-2H2;1-2H2;. The van der Waals surface area contributed by atoms with Crippen molar-refractivity contribution >= 4 is 0 Å². The molecule has 14 heavy (non-hydrogen) atoms. The average molecular weight is 479 g/mol. The van der Waals surface area contributed by atoms with Gasteiger partial charge in [0.25, 0.3) is 6.36 Å². The van der Waals surface area contributed by atoms with Crippen molar-refractivity contribution in [1.82, 2.24) is 0 Å². The van der Waals surface area contributed by atoms with Gasteiger partial charge >= 0.3 is 6.18 Å². The summed E-state index contributed by atoms with van der Waals surface area (Å²) in [4.78, 5) is 0. The molecule has 1 atom stereocenters. The van der Waals surface area contributed by atoms with E-state index in [4.69, 9.17) is 5.11 Å². The molecule has 1 nitrogen and oxygen atoms in total. The molecule has 0 fully saturated rings. The Morgan fingerprint density at radius 2 is 1.21 bits per heavy atom. The molecule has 0 amide bonds. The van der Waals surface area contributed by atoms with Gasteiger partial charge in [-0.25, -0.2) is 13.2 Å². The second-order valence-electron chi connectivity index (χ2n) is 1.26. The SMILES string of the molecule is C=C.FCCF.OC(F)C(F)(F)F.[Rf]. The van der Waals surface area contributed by atoms with Crippen LogP contribution in [0.2, 0.25) is 0 Å². The predicted molar refractivity (Wildman–Crippen MR) is 36.4 cm³/mol. The third kappa shape index (κ3) is 31.8. The van der Waals surface area contributed by atoms with Crippen LogP contribution in [0.4, 0.5) is 26.3 Å². The van der Waals surface area contributed by atoms with Crippen molar-refractivity contribution in [1.29, 1.82) is 0 Å². The largest absolute Gasteiger partial charge is 0.444 e. The van der Waals surface area contributed by atoms with Crippen LogP contribution < -0.4 is 0 Å². The smallest absolute Gasteiger partial charge is 0.357 e. The first-order valence-corrected chi connectivity index (χ1v) is 2.87. The molecule has 0 aromatic carbocycles. The Hall–Kier alpha value is -1.72. The van der Waals surface area contributed by atoms with Crippen LogP contribution in [0.5, 0.6) is 0 Å². The maximum atomic E-state index is 10.6. The van der Waals surface area contributed by atoms with E-state index in [0.717, 1.165) is 0 Å². The van der Waals surface area contributed by atoms with E-state index in [2.05, 4.69) is 13.2 Å². The van der Waals surface area contributed by atoms with E-state index >= 15 is 0 Å². The van der Waals surface area contributed by atoms with E-state index in [9.17, 15) is 26.3 Å². The van der Waals surface area contributed by atoms with Crippen molar-refractivity contribution in [3.05, 3.63) is 13.2 Å². The summed E-state index contributed by atoms with van der Waals surface area (Å²) in [6.07, 6.45) is -8.81. The van der Waals surface area contributed by atoms with Gasteiger partial charge in [-0.2, -0.15) is 13.2 Å². The number of hydrogen-bond acceptors (Lipinski definition) is 1. The molecule has 0 aromatic rings. The van der Waals surface area contributed by atoms with Crippen LogP contribution in [0.1, 0.15) is 0 Å². The molecule has 0 heterocycles. The van der Waals surface area contributed by atoms with E-state index < -0.39 is 25.9 Å². The Bertz CT molecular complexity index is 94.8. The summed E-state index contributed by atoms with van der Waals surface area (Å²) in [5, 5.41) is 7.10. The van der Waals surface area contributed by atoms with Crippen LogP contribution in [0.25, 0.3) is 0 Å². The normalized spacial score (nSPS) is 10.8. The zero-order valence-electron chi connectivity index (χ0n) is 7.33. The molecule has 84 valence electrons. The first kappa shape index (κ1) is 22.8. The number of aliphatic hydroxyl groups excluding tert-OH is 1. The first-order valence-electron chi connectivity index (χ1n) is 2.87. The van der Waals surface area contributed by atoms with Crippen LogP contribution in [0.3, 0.4) is 0 Å². The third-order valence-corrected chi connectivity index (χ3v) is 0.342. The molecule has 8 heteroatoms. The summed E-state index contributed by atoms with van der Waals surface area (Å²) in [6.45, 7) is 4.31. The maximum Gasteiger partial charge on any atom is 0.444 e. The number of alkyl halides is 6. The topological polar surface area (TPSA) is 20.2 Å². The zero-order valence-corrected chi connectivity index (χ0v) is 13.7. The van der Waals surface area contributed by atoms with Gasteiger partial charge in [-0.3, -0.25) is 0 Å². The molecule has 0 rings (SSSR count). The Labute approximate surface area is 71.7 Å². The minimum absolute atomic E-state index is 0. The van der Waals surface area contributed by atoms with Crippen molar-refractivity contribution < 1.29 is 31.4 Å². The number of halogens is 6. The van der Waals surface area contributed by atoms with Crippen LogP contribution >= 0.6 is 0 Å². The molecular weight excluding hydrogens is 469 g/mol. The number of aliphatic hydroxyl groups is 1. The van der Waals surface area contributed by atoms with Gasteiger partial charge in [-0.05, 0) is 0 Å². The van der Waals surface area contributed by atoms with Gasteiger partial charge in [0.2, 0.25) is 0 Å². The summed E-state index contributed by atoms with van der Waals surface area (Å²) >= 11 is 0. The van der Waals surface area contributed by atoms with Gasteiger partial charge in [-0.15, -0.1) is 13.2 Å². The summed E-state index contributed by atoms with van der Waals surface area (Å²) in [7, 11) is 0. The number of hydrogen-bond donors (Lipinski definition) is 1. The quantitative estimate of drug-likeness (QED) is 0.453. The predicted octanol–water partition coefficient (Wildman–Crippen LogP) is 2.56. The van der Waals surface area contributed by atoms with Crippen molar-refractivity contribution in [3.63, 3.8) is 0 Å². The molecule has 0 aliphatic heterocycles. The first-order chi connectivity index (χ1) is 5.86. The van der Waals surface area contributed by atoms with Crippen molar-refractivity contribution in [2.75, 3.05) is 13.3 Å².